The summed E-state index contributed by atoms with van der Waals surface area (Å²) in [5.74, 6) is 0. The van der Waals surface area contributed by atoms with E-state index in [2.05, 4.69) is 39.7 Å². The summed E-state index contributed by atoms with van der Waals surface area (Å²) >= 11 is 1.72. The Morgan fingerprint density at radius 1 is 1.18 bits per heavy atom. The molecule has 7 heteroatoms. The van der Waals surface area contributed by atoms with Gasteiger partial charge in [0.15, 0.2) is 16.5 Å². The number of nitriles is 1. The smallest absolute Gasteiger partial charge is 0.184 e. The first-order valence-corrected chi connectivity index (χ1v) is 10.5. The molecule has 28 heavy (non-hydrogen) atoms. The van der Waals surface area contributed by atoms with Crippen molar-refractivity contribution in [2.75, 3.05) is 5.32 Å². The van der Waals surface area contributed by atoms with E-state index in [9.17, 15) is 0 Å². The van der Waals surface area contributed by atoms with E-state index in [4.69, 9.17) is 10.2 Å². The normalized spacial score (nSPS) is 15.1. The number of hydrogen-bond donors (Lipinski definition) is 1. The zero-order chi connectivity index (χ0) is 18.9. The largest absolute Gasteiger partial charge is 0.359 e. The minimum atomic E-state index is 0.392. The summed E-state index contributed by atoms with van der Waals surface area (Å²) in [6.07, 6.45) is 9.01. The molecule has 1 N–H and O–H groups in total. The maximum absolute atomic E-state index is 9.10. The van der Waals surface area contributed by atoms with E-state index in [0.717, 1.165) is 22.0 Å². The zero-order valence-corrected chi connectivity index (χ0v) is 16.2. The predicted molar refractivity (Wildman–Crippen MR) is 111 cm³/mol. The molecule has 0 radical (unpaired) electrons. The van der Waals surface area contributed by atoms with E-state index < -0.39 is 0 Å². The third-order valence-electron chi connectivity index (χ3n) is 5.32. The molecule has 5 rings (SSSR count). The Labute approximate surface area is 166 Å². The molecule has 0 bridgehead atoms. The van der Waals surface area contributed by atoms with Gasteiger partial charge in [0.25, 0.3) is 0 Å². The lowest BCUT2D eigenvalue weighted by atomic mass is 9.96. The SMILES string of the molecule is N#Cc1ccc2ncc(Cc3ccc4nc(NC5CCCCC5)sc4c3)n2n1. The third kappa shape index (κ3) is 3.32. The molecule has 1 saturated carbocycles. The van der Waals surface area contributed by atoms with Crippen LogP contribution < -0.4 is 5.32 Å². The maximum Gasteiger partial charge on any atom is 0.184 e. The molecule has 3 aromatic heterocycles. The van der Waals surface area contributed by atoms with Crippen LogP contribution in [-0.2, 0) is 6.42 Å². The van der Waals surface area contributed by atoms with Crippen molar-refractivity contribution in [3.63, 3.8) is 0 Å². The molecule has 0 aliphatic heterocycles. The lowest BCUT2D eigenvalue weighted by Gasteiger charge is -2.22. The molecule has 0 unspecified atom stereocenters. The van der Waals surface area contributed by atoms with Crippen LogP contribution in [0.25, 0.3) is 15.9 Å². The van der Waals surface area contributed by atoms with Gasteiger partial charge in [0, 0.05) is 12.5 Å². The fourth-order valence-corrected chi connectivity index (χ4v) is 4.88. The lowest BCUT2D eigenvalue weighted by molar-refractivity contribution is 0.462. The Morgan fingerprint density at radius 2 is 2.07 bits per heavy atom. The van der Waals surface area contributed by atoms with Crippen molar-refractivity contribution in [1.82, 2.24) is 19.6 Å². The van der Waals surface area contributed by atoms with Crippen molar-refractivity contribution in [3.05, 3.63) is 53.5 Å². The third-order valence-corrected chi connectivity index (χ3v) is 6.27. The molecule has 0 amide bonds. The molecule has 0 spiro atoms. The van der Waals surface area contributed by atoms with Gasteiger partial charge in [-0.15, -0.1) is 0 Å². The highest BCUT2D eigenvalue weighted by molar-refractivity contribution is 7.22. The molecular weight excluding hydrogens is 368 g/mol. The Morgan fingerprint density at radius 3 is 2.93 bits per heavy atom. The quantitative estimate of drug-likeness (QED) is 0.555. The van der Waals surface area contributed by atoms with Gasteiger partial charge >= 0.3 is 0 Å². The first-order valence-electron chi connectivity index (χ1n) is 9.68. The first kappa shape index (κ1) is 17.1. The van der Waals surface area contributed by atoms with E-state index in [1.165, 1.54) is 42.4 Å². The summed E-state index contributed by atoms with van der Waals surface area (Å²) in [5, 5.41) is 18.1. The van der Waals surface area contributed by atoms with Gasteiger partial charge in [-0.1, -0.05) is 36.7 Å². The number of fused-ring (bicyclic) bond motifs is 2. The zero-order valence-electron chi connectivity index (χ0n) is 15.4. The summed E-state index contributed by atoms with van der Waals surface area (Å²) < 4.78 is 2.95. The molecule has 4 aromatic rings. The summed E-state index contributed by atoms with van der Waals surface area (Å²) in [7, 11) is 0. The average Bonchev–Trinajstić information content (AvgIpc) is 3.31. The van der Waals surface area contributed by atoms with E-state index in [0.29, 0.717) is 18.2 Å². The van der Waals surface area contributed by atoms with Crippen LogP contribution in [-0.4, -0.2) is 25.6 Å². The molecule has 1 aliphatic carbocycles. The molecule has 1 fully saturated rings. The Balaban J connectivity index is 1.40. The van der Waals surface area contributed by atoms with Crippen LogP contribution in [0.3, 0.4) is 0 Å². The number of anilines is 1. The fraction of sp³-hybridized carbons (Fsp3) is 0.333. The number of hydrogen-bond acceptors (Lipinski definition) is 6. The lowest BCUT2D eigenvalue weighted by Crippen LogP contribution is -2.21. The van der Waals surface area contributed by atoms with Gasteiger partial charge in [-0.2, -0.15) is 10.4 Å². The van der Waals surface area contributed by atoms with Gasteiger partial charge in [0.1, 0.15) is 6.07 Å². The summed E-state index contributed by atoms with van der Waals surface area (Å²) in [6, 6.07) is 12.6. The second kappa shape index (κ2) is 7.21. The first-order chi connectivity index (χ1) is 13.8. The van der Waals surface area contributed by atoms with Crippen molar-refractivity contribution >= 4 is 32.3 Å². The highest BCUT2D eigenvalue weighted by atomic mass is 32.1. The van der Waals surface area contributed by atoms with Crippen LogP contribution in [0.15, 0.2) is 36.5 Å². The van der Waals surface area contributed by atoms with Crippen LogP contribution in [0, 0.1) is 11.3 Å². The Kier molecular flexibility index (Phi) is 4.41. The van der Waals surface area contributed by atoms with Crippen LogP contribution in [0.1, 0.15) is 49.1 Å². The Hall–Kier alpha value is -2.98. The minimum absolute atomic E-state index is 0.392. The van der Waals surface area contributed by atoms with Crippen molar-refractivity contribution in [3.8, 4) is 6.07 Å². The number of nitrogens with one attached hydrogen (secondary N) is 1. The summed E-state index contributed by atoms with van der Waals surface area (Å²) in [6.45, 7) is 0. The minimum Gasteiger partial charge on any atom is -0.359 e. The number of rotatable bonds is 4. The number of thiazole rings is 1. The van der Waals surface area contributed by atoms with Crippen molar-refractivity contribution in [2.24, 2.45) is 0 Å². The fourth-order valence-electron chi connectivity index (χ4n) is 3.87. The molecule has 140 valence electrons. The number of imidazole rings is 1. The number of aromatic nitrogens is 4. The van der Waals surface area contributed by atoms with Gasteiger partial charge in [-0.05, 0) is 42.7 Å². The highest BCUT2D eigenvalue weighted by Gasteiger charge is 2.15. The van der Waals surface area contributed by atoms with Crippen LogP contribution in [0.5, 0.6) is 0 Å². The molecule has 1 aliphatic rings. The molecular formula is C21H20N6S. The monoisotopic (exact) mass is 388 g/mol. The Bertz CT molecular complexity index is 1180. The summed E-state index contributed by atoms with van der Waals surface area (Å²) in [4.78, 5) is 9.15. The van der Waals surface area contributed by atoms with E-state index in [1.54, 1.807) is 21.9 Å². The molecule has 0 atom stereocenters. The second-order valence-electron chi connectivity index (χ2n) is 7.33. The average molecular weight is 389 g/mol. The predicted octanol–water partition coefficient (Wildman–Crippen LogP) is 4.55. The molecule has 1 aromatic carbocycles. The van der Waals surface area contributed by atoms with Crippen LogP contribution in [0.2, 0.25) is 0 Å². The molecule has 3 heterocycles. The highest BCUT2D eigenvalue weighted by Crippen LogP contribution is 2.30. The van der Waals surface area contributed by atoms with Crippen LogP contribution >= 0.6 is 11.3 Å². The van der Waals surface area contributed by atoms with E-state index >= 15 is 0 Å². The van der Waals surface area contributed by atoms with Crippen LogP contribution in [0.4, 0.5) is 5.13 Å². The van der Waals surface area contributed by atoms with Gasteiger partial charge in [0.2, 0.25) is 0 Å². The van der Waals surface area contributed by atoms with E-state index in [1.807, 2.05) is 12.3 Å². The van der Waals surface area contributed by atoms with Gasteiger partial charge < -0.3 is 5.32 Å². The molecule has 6 nitrogen and oxygen atoms in total. The van der Waals surface area contributed by atoms with Gasteiger partial charge in [-0.3, -0.25) is 0 Å². The van der Waals surface area contributed by atoms with Crippen molar-refractivity contribution < 1.29 is 0 Å². The second-order valence-corrected chi connectivity index (χ2v) is 8.36. The van der Waals surface area contributed by atoms with E-state index in [-0.39, 0.29) is 0 Å². The number of nitrogens with zero attached hydrogens (tertiary/aromatic N) is 5. The standard InChI is InChI=1S/C21H20N6S/c22-12-16-7-9-20-23-13-17(27(20)26-16)10-14-6-8-18-19(11-14)28-21(25-18)24-15-4-2-1-3-5-15/h6-9,11,13,15H,1-5,10H2,(H,24,25). The number of benzene rings is 1. The summed E-state index contributed by atoms with van der Waals surface area (Å²) in [5.41, 5.74) is 4.34. The topological polar surface area (TPSA) is 78.9 Å². The van der Waals surface area contributed by atoms with Gasteiger partial charge in [-0.25, -0.2) is 14.5 Å². The maximum atomic E-state index is 9.10. The molecule has 0 saturated heterocycles. The van der Waals surface area contributed by atoms with Crippen molar-refractivity contribution in [2.45, 2.75) is 44.6 Å². The van der Waals surface area contributed by atoms with Crippen molar-refractivity contribution in [1.29, 1.82) is 5.26 Å². The van der Waals surface area contributed by atoms with Gasteiger partial charge in [0.05, 0.1) is 22.1 Å².